The molecule has 5 nitrogen and oxygen atoms in total. The second-order valence-corrected chi connectivity index (χ2v) is 5.78. The van der Waals surface area contributed by atoms with Gasteiger partial charge in [-0.2, -0.15) is 10.5 Å². The lowest BCUT2D eigenvalue weighted by molar-refractivity contribution is 1.30. The standard InChI is InChI=1S/C18H13N5S/c1-9-13(10-5-3-2-4-6-10)11(7-19)16(21)15-14(9)12(8-20)18(24)23-17(15)22/h2-6H,21H2,1H3,(H3,22,23,24). The number of fused-ring (bicyclic) bond motifs is 1. The Morgan fingerprint density at radius 2 is 1.62 bits per heavy atom. The first-order chi connectivity index (χ1) is 11.5. The summed E-state index contributed by atoms with van der Waals surface area (Å²) in [6.45, 7) is 1.85. The van der Waals surface area contributed by atoms with Gasteiger partial charge in [-0.05, 0) is 18.1 Å². The van der Waals surface area contributed by atoms with E-state index in [-0.39, 0.29) is 16.1 Å². The minimum absolute atomic E-state index is 0.247. The molecule has 0 atom stereocenters. The van der Waals surface area contributed by atoms with Crippen molar-refractivity contribution < 1.29 is 0 Å². The summed E-state index contributed by atoms with van der Waals surface area (Å²) in [5.41, 5.74) is 15.5. The molecule has 0 bridgehead atoms. The highest BCUT2D eigenvalue weighted by Crippen LogP contribution is 2.41. The smallest absolute Gasteiger partial charge is 0.123 e. The van der Waals surface area contributed by atoms with Crippen molar-refractivity contribution in [2.45, 2.75) is 6.92 Å². The van der Waals surface area contributed by atoms with E-state index in [2.05, 4.69) is 17.1 Å². The van der Waals surface area contributed by atoms with Crippen LogP contribution >= 0.6 is 12.2 Å². The molecule has 0 unspecified atom stereocenters. The summed E-state index contributed by atoms with van der Waals surface area (Å²) < 4.78 is 0.258. The highest BCUT2D eigenvalue weighted by molar-refractivity contribution is 7.71. The van der Waals surface area contributed by atoms with Crippen molar-refractivity contribution in [2.75, 3.05) is 11.5 Å². The fourth-order valence-electron chi connectivity index (χ4n) is 3.04. The number of nitrogens with two attached hydrogens (primary N) is 2. The largest absolute Gasteiger partial charge is 0.397 e. The van der Waals surface area contributed by atoms with Crippen LogP contribution in [0.5, 0.6) is 0 Å². The number of aryl methyl sites for hydroxylation is 1. The first kappa shape index (κ1) is 15.5. The Morgan fingerprint density at radius 3 is 2.21 bits per heavy atom. The summed E-state index contributed by atoms with van der Waals surface area (Å²) in [4.78, 5) is 2.79. The molecule has 1 heterocycles. The predicted octanol–water partition coefficient (Wildman–Crippen LogP) is 3.78. The molecule has 0 saturated carbocycles. The molecule has 2 aromatic carbocycles. The number of hydrogen-bond donors (Lipinski definition) is 3. The van der Waals surface area contributed by atoms with Crippen LogP contribution in [0.3, 0.4) is 0 Å². The predicted molar refractivity (Wildman–Crippen MR) is 97.6 cm³/mol. The number of benzene rings is 2. The van der Waals surface area contributed by atoms with Gasteiger partial charge >= 0.3 is 0 Å². The van der Waals surface area contributed by atoms with Gasteiger partial charge in [-0.1, -0.05) is 42.5 Å². The lowest BCUT2D eigenvalue weighted by atomic mass is 9.88. The van der Waals surface area contributed by atoms with E-state index in [0.29, 0.717) is 27.5 Å². The summed E-state index contributed by atoms with van der Waals surface area (Å²) in [5.74, 6) is 0.255. The number of H-pyrrole nitrogens is 1. The number of pyridine rings is 1. The molecule has 0 radical (unpaired) electrons. The van der Waals surface area contributed by atoms with Gasteiger partial charge in [0.15, 0.2) is 0 Å². The zero-order valence-corrected chi connectivity index (χ0v) is 13.7. The third-order valence-corrected chi connectivity index (χ3v) is 4.38. The second kappa shape index (κ2) is 5.69. The Balaban J connectivity index is 2.66. The molecule has 0 aliphatic heterocycles. The molecule has 116 valence electrons. The zero-order chi connectivity index (χ0) is 17.4. The average Bonchev–Trinajstić information content (AvgIpc) is 2.58. The summed E-state index contributed by atoms with van der Waals surface area (Å²) in [5, 5.41) is 20.2. The SMILES string of the molecule is Cc1c(-c2ccccc2)c(C#N)c(N)c2c(N)[nH]c(=S)c(C#N)c12. The molecule has 24 heavy (non-hydrogen) atoms. The van der Waals surface area contributed by atoms with Crippen molar-refractivity contribution in [1.29, 1.82) is 10.5 Å². The van der Waals surface area contributed by atoms with Gasteiger partial charge in [0, 0.05) is 16.3 Å². The number of anilines is 2. The maximum Gasteiger partial charge on any atom is 0.123 e. The van der Waals surface area contributed by atoms with E-state index in [1.807, 2.05) is 37.3 Å². The second-order valence-electron chi connectivity index (χ2n) is 5.37. The van der Waals surface area contributed by atoms with Crippen LogP contribution in [0, 0.1) is 34.2 Å². The van der Waals surface area contributed by atoms with Crippen molar-refractivity contribution in [3.05, 3.63) is 51.7 Å². The number of nitriles is 2. The van der Waals surface area contributed by atoms with Crippen molar-refractivity contribution in [2.24, 2.45) is 0 Å². The number of rotatable bonds is 1. The van der Waals surface area contributed by atoms with Crippen molar-refractivity contribution in [3.63, 3.8) is 0 Å². The minimum atomic E-state index is 0.247. The van der Waals surface area contributed by atoms with E-state index in [4.69, 9.17) is 23.7 Å². The molecule has 0 aliphatic rings. The lowest BCUT2D eigenvalue weighted by Crippen LogP contribution is -2.05. The van der Waals surface area contributed by atoms with Crippen molar-refractivity contribution >= 4 is 34.5 Å². The average molecular weight is 331 g/mol. The molecule has 0 saturated heterocycles. The van der Waals surface area contributed by atoms with Crippen LogP contribution in [0.4, 0.5) is 11.5 Å². The van der Waals surface area contributed by atoms with E-state index in [0.717, 1.165) is 11.1 Å². The van der Waals surface area contributed by atoms with Gasteiger partial charge < -0.3 is 16.5 Å². The monoisotopic (exact) mass is 331 g/mol. The van der Waals surface area contributed by atoms with Crippen molar-refractivity contribution in [3.8, 4) is 23.3 Å². The lowest BCUT2D eigenvalue weighted by Gasteiger charge is -2.17. The van der Waals surface area contributed by atoms with E-state index in [9.17, 15) is 10.5 Å². The first-order valence-corrected chi connectivity index (χ1v) is 7.55. The van der Waals surface area contributed by atoms with Gasteiger partial charge in [0.25, 0.3) is 0 Å². The van der Waals surface area contributed by atoms with Crippen LogP contribution in [0.25, 0.3) is 21.9 Å². The summed E-state index contributed by atoms with van der Waals surface area (Å²) in [7, 11) is 0. The first-order valence-electron chi connectivity index (χ1n) is 7.14. The molecule has 3 aromatic rings. The maximum atomic E-state index is 9.65. The number of aromatic amines is 1. The van der Waals surface area contributed by atoms with Gasteiger partial charge in [0.1, 0.15) is 22.6 Å². The minimum Gasteiger partial charge on any atom is -0.397 e. The topological polar surface area (TPSA) is 115 Å². The van der Waals surface area contributed by atoms with E-state index >= 15 is 0 Å². The fourth-order valence-corrected chi connectivity index (χ4v) is 3.29. The highest BCUT2D eigenvalue weighted by Gasteiger charge is 2.21. The fraction of sp³-hybridized carbons (Fsp3) is 0.0556. The normalized spacial score (nSPS) is 10.3. The van der Waals surface area contributed by atoms with Crippen LogP contribution in [0.2, 0.25) is 0 Å². The molecule has 6 heteroatoms. The molecule has 5 N–H and O–H groups in total. The van der Waals surface area contributed by atoms with Crippen LogP contribution < -0.4 is 11.5 Å². The van der Waals surface area contributed by atoms with Gasteiger partial charge in [-0.3, -0.25) is 0 Å². The van der Waals surface area contributed by atoms with Crippen LogP contribution in [-0.2, 0) is 0 Å². The molecule has 0 fully saturated rings. The van der Waals surface area contributed by atoms with Crippen LogP contribution in [-0.4, -0.2) is 4.98 Å². The Bertz CT molecular complexity index is 1120. The number of hydrogen-bond acceptors (Lipinski definition) is 5. The van der Waals surface area contributed by atoms with Crippen LogP contribution in [0.15, 0.2) is 30.3 Å². The van der Waals surface area contributed by atoms with Crippen LogP contribution in [0.1, 0.15) is 16.7 Å². The Kier molecular flexibility index (Phi) is 3.69. The molecule has 0 spiro atoms. The third kappa shape index (κ3) is 2.10. The Morgan fingerprint density at radius 1 is 1.00 bits per heavy atom. The number of aromatic nitrogens is 1. The molecule has 1 aromatic heterocycles. The Labute approximate surface area is 143 Å². The molecule has 0 aliphatic carbocycles. The molecular weight excluding hydrogens is 318 g/mol. The zero-order valence-electron chi connectivity index (χ0n) is 12.8. The van der Waals surface area contributed by atoms with E-state index in [1.54, 1.807) is 0 Å². The van der Waals surface area contributed by atoms with E-state index in [1.165, 1.54) is 0 Å². The van der Waals surface area contributed by atoms with E-state index < -0.39 is 0 Å². The molecule has 0 amide bonds. The van der Waals surface area contributed by atoms with Gasteiger partial charge in [-0.15, -0.1) is 0 Å². The molecule has 3 rings (SSSR count). The summed E-state index contributed by atoms with van der Waals surface area (Å²) >= 11 is 5.23. The summed E-state index contributed by atoms with van der Waals surface area (Å²) in [6.07, 6.45) is 0. The number of nitrogen functional groups attached to an aromatic ring is 2. The third-order valence-electron chi connectivity index (χ3n) is 4.07. The van der Waals surface area contributed by atoms with Crippen molar-refractivity contribution in [1.82, 2.24) is 4.98 Å². The van der Waals surface area contributed by atoms with Gasteiger partial charge in [0.2, 0.25) is 0 Å². The maximum absolute atomic E-state index is 9.65. The highest BCUT2D eigenvalue weighted by atomic mass is 32.1. The van der Waals surface area contributed by atoms with Gasteiger partial charge in [0.05, 0.1) is 16.8 Å². The van der Waals surface area contributed by atoms with Gasteiger partial charge in [-0.25, -0.2) is 0 Å². The number of nitrogens with one attached hydrogen (secondary N) is 1. The Hall–Kier alpha value is -3.35. The quantitative estimate of drug-likeness (QED) is 0.463. The molecular formula is C18H13N5S. The number of nitrogens with zero attached hydrogens (tertiary/aromatic N) is 2. The summed E-state index contributed by atoms with van der Waals surface area (Å²) in [6, 6.07) is 13.7.